The highest BCUT2D eigenvalue weighted by Crippen LogP contribution is 2.31. The van der Waals surface area contributed by atoms with Crippen molar-refractivity contribution in [2.75, 3.05) is 25.0 Å². The first-order chi connectivity index (χ1) is 9.08. The Labute approximate surface area is 122 Å². The smallest absolute Gasteiger partial charge is 0.164 e. The van der Waals surface area contributed by atoms with Crippen LogP contribution in [0, 0.1) is 6.92 Å². The van der Waals surface area contributed by atoms with Crippen molar-refractivity contribution in [2.45, 2.75) is 19.1 Å². The predicted molar refractivity (Wildman–Crippen MR) is 75.6 cm³/mol. The minimum atomic E-state index is -0.734. The monoisotopic (exact) mass is 308 g/mol. The highest BCUT2D eigenvalue weighted by atomic mass is 35.5. The quantitative estimate of drug-likeness (QED) is 0.721. The normalized spacial score (nSPS) is 13.9. The van der Waals surface area contributed by atoms with Crippen LogP contribution in [0.2, 0.25) is 0 Å². The Kier molecular flexibility index (Phi) is 7.31. The fourth-order valence-corrected chi connectivity index (χ4v) is 1.56. The van der Waals surface area contributed by atoms with E-state index < -0.39 is 12.2 Å². The molecule has 0 fully saturated rings. The van der Waals surface area contributed by atoms with Crippen molar-refractivity contribution in [3.63, 3.8) is 0 Å². The summed E-state index contributed by atoms with van der Waals surface area (Å²) in [6, 6.07) is 5.42. The summed E-state index contributed by atoms with van der Waals surface area (Å²) in [5.41, 5.74) is 0.875. The number of hydrogen-bond donors (Lipinski definition) is 2. The summed E-state index contributed by atoms with van der Waals surface area (Å²) in [4.78, 5) is 0. The van der Waals surface area contributed by atoms with Crippen LogP contribution in [0.15, 0.2) is 18.2 Å². The summed E-state index contributed by atoms with van der Waals surface area (Å²) < 4.78 is 11.0. The number of aliphatic hydroxyl groups is 2. The maximum atomic E-state index is 9.40. The van der Waals surface area contributed by atoms with E-state index in [9.17, 15) is 10.2 Å². The predicted octanol–water partition coefficient (Wildman–Crippen LogP) is 1.95. The minimum absolute atomic E-state index is 0.0847. The molecule has 2 N–H and O–H groups in total. The second kappa shape index (κ2) is 8.48. The van der Waals surface area contributed by atoms with E-state index in [1.54, 1.807) is 6.07 Å². The van der Waals surface area contributed by atoms with Crippen LogP contribution in [-0.2, 0) is 0 Å². The van der Waals surface area contributed by atoms with Crippen LogP contribution in [-0.4, -0.2) is 47.4 Å². The van der Waals surface area contributed by atoms with E-state index in [-0.39, 0.29) is 25.0 Å². The second-order valence-electron chi connectivity index (χ2n) is 4.14. The fourth-order valence-electron chi connectivity index (χ4n) is 1.38. The van der Waals surface area contributed by atoms with Gasteiger partial charge in [0.05, 0.1) is 11.8 Å². The highest BCUT2D eigenvalue weighted by molar-refractivity contribution is 6.18. The van der Waals surface area contributed by atoms with Gasteiger partial charge >= 0.3 is 0 Å². The van der Waals surface area contributed by atoms with E-state index in [0.29, 0.717) is 11.5 Å². The minimum Gasteiger partial charge on any atom is -0.487 e. The highest BCUT2D eigenvalue weighted by Gasteiger charge is 2.12. The average molecular weight is 309 g/mol. The summed E-state index contributed by atoms with van der Waals surface area (Å²) in [5, 5.41) is 18.8. The molecule has 0 saturated heterocycles. The summed E-state index contributed by atoms with van der Waals surface area (Å²) in [5.74, 6) is 1.25. The van der Waals surface area contributed by atoms with Gasteiger partial charge < -0.3 is 19.7 Å². The molecule has 0 aromatic heterocycles. The molecule has 0 aliphatic heterocycles. The molecule has 1 aromatic rings. The van der Waals surface area contributed by atoms with Gasteiger partial charge in [0, 0.05) is 0 Å². The Morgan fingerprint density at radius 1 is 1.05 bits per heavy atom. The third-order valence-corrected chi connectivity index (χ3v) is 3.10. The molecule has 0 saturated carbocycles. The first kappa shape index (κ1) is 16.4. The second-order valence-corrected chi connectivity index (χ2v) is 4.76. The number of aliphatic hydroxyl groups excluding tert-OH is 2. The molecule has 19 heavy (non-hydrogen) atoms. The van der Waals surface area contributed by atoms with Crippen molar-refractivity contribution in [1.29, 1.82) is 0 Å². The van der Waals surface area contributed by atoms with Crippen molar-refractivity contribution < 1.29 is 19.7 Å². The van der Waals surface area contributed by atoms with Crippen LogP contribution in [0.1, 0.15) is 5.56 Å². The third-order valence-electron chi connectivity index (χ3n) is 2.38. The van der Waals surface area contributed by atoms with Gasteiger partial charge in [0.15, 0.2) is 11.5 Å². The lowest BCUT2D eigenvalue weighted by Crippen LogP contribution is -2.21. The van der Waals surface area contributed by atoms with Crippen molar-refractivity contribution >= 4 is 23.2 Å². The van der Waals surface area contributed by atoms with Gasteiger partial charge in [0.1, 0.15) is 25.4 Å². The van der Waals surface area contributed by atoms with E-state index in [1.165, 1.54) is 0 Å². The SMILES string of the molecule is Cc1cccc(OCC(O)CCl)c1OCC(O)CCl. The van der Waals surface area contributed by atoms with Gasteiger partial charge in [-0.3, -0.25) is 0 Å². The number of halogens is 2. The number of aryl methyl sites for hydroxylation is 1. The van der Waals surface area contributed by atoms with E-state index in [2.05, 4.69) is 0 Å². The number of rotatable bonds is 8. The summed E-state index contributed by atoms with van der Waals surface area (Å²) in [6.45, 7) is 2.04. The standard InChI is InChI=1S/C13H18Cl2O4/c1-9-3-2-4-12(18-7-10(16)5-14)13(9)19-8-11(17)6-15/h2-4,10-11,16-17H,5-8H2,1H3. The van der Waals surface area contributed by atoms with E-state index in [4.69, 9.17) is 32.7 Å². The van der Waals surface area contributed by atoms with Crippen LogP contribution < -0.4 is 9.47 Å². The number of benzene rings is 1. The zero-order chi connectivity index (χ0) is 14.3. The Morgan fingerprint density at radius 3 is 2.21 bits per heavy atom. The molecule has 6 heteroatoms. The van der Waals surface area contributed by atoms with Gasteiger partial charge in [-0.1, -0.05) is 12.1 Å². The zero-order valence-electron chi connectivity index (χ0n) is 10.7. The number of alkyl halides is 2. The van der Waals surface area contributed by atoms with Gasteiger partial charge in [0.25, 0.3) is 0 Å². The number of para-hydroxylation sites is 1. The first-order valence-corrected chi connectivity index (χ1v) is 6.98. The number of hydrogen-bond acceptors (Lipinski definition) is 4. The molecule has 0 heterocycles. The van der Waals surface area contributed by atoms with Crippen LogP contribution >= 0.6 is 23.2 Å². The summed E-state index contributed by atoms with van der Waals surface area (Å²) >= 11 is 11.0. The lowest BCUT2D eigenvalue weighted by molar-refractivity contribution is 0.109. The van der Waals surface area contributed by atoms with Gasteiger partial charge in [-0.05, 0) is 18.6 Å². The maximum Gasteiger partial charge on any atom is 0.164 e. The molecule has 0 aliphatic carbocycles. The largest absolute Gasteiger partial charge is 0.487 e. The van der Waals surface area contributed by atoms with E-state index in [0.717, 1.165) is 5.56 Å². The average Bonchev–Trinajstić information content (AvgIpc) is 2.43. The van der Waals surface area contributed by atoms with Gasteiger partial charge in [-0.15, -0.1) is 23.2 Å². The molecule has 0 bridgehead atoms. The van der Waals surface area contributed by atoms with E-state index >= 15 is 0 Å². The molecule has 1 rings (SSSR count). The van der Waals surface area contributed by atoms with Gasteiger partial charge in [0.2, 0.25) is 0 Å². The Morgan fingerprint density at radius 2 is 1.63 bits per heavy atom. The molecule has 0 amide bonds. The van der Waals surface area contributed by atoms with Crippen LogP contribution in [0.3, 0.4) is 0 Å². The van der Waals surface area contributed by atoms with Crippen LogP contribution in [0.25, 0.3) is 0 Å². The van der Waals surface area contributed by atoms with Crippen LogP contribution in [0.4, 0.5) is 0 Å². The molecule has 1 aromatic carbocycles. The molecule has 0 spiro atoms. The van der Waals surface area contributed by atoms with E-state index in [1.807, 2.05) is 19.1 Å². The van der Waals surface area contributed by atoms with Gasteiger partial charge in [-0.2, -0.15) is 0 Å². The third kappa shape index (κ3) is 5.45. The molecular formula is C13H18Cl2O4. The van der Waals surface area contributed by atoms with Crippen molar-refractivity contribution in [3.05, 3.63) is 23.8 Å². The van der Waals surface area contributed by atoms with Crippen molar-refractivity contribution in [2.24, 2.45) is 0 Å². The topological polar surface area (TPSA) is 58.9 Å². The molecule has 2 atom stereocenters. The lowest BCUT2D eigenvalue weighted by Gasteiger charge is -2.17. The fraction of sp³-hybridized carbons (Fsp3) is 0.538. The molecular weight excluding hydrogens is 291 g/mol. The molecule has 108 valence electrons. The molecule has 0 aliphatic rings. The molecule has 4 nitrogen and oxygen atoms in total. The Hall–Kier alpha value is -0.680. The molecule has 0 radical (unpaired) electrons. The Balaban J connectivity index is 2.71. The summed E-state index contributed by atoms with van der Waals surface area (Å²) in [7, 11) is 0. The zero-order valence-corrected chi connectivity index (χ0v) is 12.2. The van der Waals surface area contributed by atoms with Crippen LogP contribution in [0.5, 0.6) is 11.5 Å². The number of ether oxygens (including phenoxy) is 2. The van der Waals surface area contributed by atoms with Crippen molar-refractivity contribution in [1.82, 2.24) is 0 Å². The Bertz CT molecular complexity index is 387. The van der Waals surface area contributed by atoms with Crippen molar-refractivity contribution in [3.8, 4) is 11.5 Å². The summed E-state index contributed by atoms with van der Waals surface area (Å²) in [6.07, 6.45) is -1.47. The molecule has 2 unspecified atom stereocenters. The lowest BCUT2D eigenvalue weighted by atomic mass is 10.2. The van der Waals surface area contributed by atoms with Gasteiger partial charge in [-0.25, -0.2) is 0 Å². The maximum absolute atomic E-state index is 9.40. The first-order valence-electron chi connectivity index (χ1n) is 5.91.